The van der Waals surface area contributed by atoms with Gasteiger partial charge in [-0.25, -0.2) is 0 Å². The zero-order valence-electron chi connectivity index (χ0n) is 10.2. The minimum Gasteiger partial charge on any atom is -0.379 e. The van der Waals surface area contributed by atoms with Crippen molar-refractivity contribution < 1.29 is 4.74 Å². The molecule has 2 heterocycles. The lowest BCUT2D eigenvalue weighted by atomic mass is 10.1. The first kappa shape index (κ1) is 11.6. The lowest BCUT2D eigenvalue weighted by Crippen LogP contribution is -2.14. The first-order chi connectivity index (χ1) is 7.81. The smallest absolute Gasteiger partial charge is 0.0777 e. The SMILES string of the molecule is CCc1nn(C2CCOC2)c(CC)c1CN. The fraction of sp³-hybridized carbons (Fsp3) is 0.750. The summed E-state index contributed by atoms with van der Waals surface area (Å²) in [5.74, 6) is 0. The van der Waals surface area contributed by atoms with Gasteiger partial charge in [0.1, 0.15) is 0 Å². The Hall–Kier alpha value is -0.870. The van der Waals surface area contributed by atoms with Crippen molar-refractivity contribution in [2.24, 2.45) is 5.73 Å². The third kappa shape index (κ3) is 1.87. The summed E-state index contributed by atoms with van der Waals surface area (Å²) in [7, 11) is 0. The molecule has 1 aliphatic rings. The second kappa shape index (κ2) is 4.97. The van der Waals surface area contributed by atoms with E-state index in [2.05, 4.69) is 18.5 Å². The van der Waals surface area contributed by atoms with Crippen LogP contribution in [0.4, 0.5) is 0 Å². The summed E-state index contributed by atoms with van der Waals surface area (Å²) in [4.78, 5) is 0. The number of nitrogens with zero attached hydrogens (tertiary/aromatic N) is 2. The van der Waals surface area contributed by atoms with E-state index in [0.29, 0.717) is 12.6 Å². The van der Waals surface area contributed by atoms with E-state index in [1.165, 1.54) is 11.3 Å². The predicted molar refractivity (Wildman–Crippen MR) is 63.3 cm³/mol. The van der Waals surface area contributed by atoms with E-state index in [-0.39, 0.29) is 0 Å². The molecule has 4 heteroatoms. The van der Waals surface area contributed by atoms with Gasteiger partial charge in [-0.1, -0.05) is 13.8 Å². The maximum atomic E-state index is 5.83. The van der Waals surface area contributed by atoms with Crippen LogP contribution in [-0.2, 0) is 24.1 Å². The van der Waals surface area contributed by atoms with Crippen molar-refractivity contribution in [3.05, 3.63) is 17.0 Å². The number of aromatic nitrogens is 2. The molecule has 0 amide bonds. The van der Waals surface area contributed by atoms with Crippen LogP contribution >= 0.6 is 0 Å². The van der Waals surface area contributed by atoms with Crippen LogP contribution < -0.4 is 5.73 Å². The van der Waals surface area contributed by atoms with Gasteiger partial charge in [-0.15, -0.1) is 0 Å². The van der Waals surface area contributed by atoms with E-state index in [9.17, 15) is 0 Å². The van der Waals surface area contributed by atoms with Gasteiger partial charge in [0.2, 0.25) is 0 Å². The van der Waals surface area contributed by atoms with Crippen LogP contribution in [0.25, 0.3) is 0 Å². The molecule has 2 N–H and O–H groups in total. The third-order valence-corrected chi connectivity index (χ3v) is 3.33. The molecule has 16 heavy (non-hydrogen) atoms. The summed E-state index contributed by atoms with van der Waals surface area (Å²) >= 11 is 0. The van der Waals surface area contributed by atoms with Crippen LogP contribution in [0.3, 0.4) is 0 Å². The maximum Gasteiger partial charge on any atom is 0.0777 e. The molecule has 0 saturated carbocycles. The highest BCUT2D eigenvalue weighted by atomic mass is 16.5. The van der Waals surface area contributed by atoms with Crippen LogP contribution in [0, 0.1) is 0 Å². The Morgan fingerprint density at radius 2 is 2.25 bits per heavy atom. The predicted octanol–water partition coefficient (Wildman–Crippen LogP) is 1.43. The highest BCUT2D eigenvalue weighted by Gasteiger charge is 2.23. The van der Waals surface area contributed by atoms with Gasteiger partial charge < -0.3 is 10.5 Å². The molecule has 1 fully saturated rings. The second-order valence-corrected chi connectivity index (χ2v) is 4.25. The Labute approximate surface area is 96.8 Å². The minimum atomic E-state index is 0.417. The van der Waals surface area contributed by atoms with Crippen molar-refractivity contribution >= 4 is 0 Å². The van der Waals surface area contributed by atoms with Crippen LogP contribution in [0.2, 0.25) is 0 Å². The van der Waals surface area contributed by atoms with Gasteiger partial charge in [-0.05, 0) is 19.3 Å². The first-order valence-electron chi connectivity index (χ1n) is 6.18. The van der Waals surface area contributed by atoms with Gasteiger partial charge >= 0.3 is 0 Å². The zero-order chi connectivity index (χ0) is 11.5. The molecule has 90 valence electrons. The van der Waals surface area contributed by atoms with Crippen LogP contribution in [-0.4, -0.2) is 23.0 Å². The standard InChI is InChI=1S/C12H21N3O/c1-3-11-10(7-13)12(4-2)15(14-11)9-5-6-16-8-9/h9H,3-8,13H2,1-2H3. The largest absolute Gasteiger partial charge is 0.379 e. The zero-order valence-corrected chi connectivity index (χ0v) is 10.2. The van der Waals surface area contributed by atoms with Crippen LogP contribution in [0.5, 0.6) is 0 Å². The third-order valence-electron chi connectivity index (χ3n) is 3.33. The first-order valence-corrected chi connectivity index (χ1v) is 6.18. The second-order valence-electron chi connectivity index (χ2n) is 4.25. The summed E-state index contributed by atoms with van der Waals surface area (Å²) in [5, 5.41) is 4.71. The number of nitrogens with two attached hydrogens (primary N) is 1. The van der Waals surface area contributed by atoms with Gasteiger partial charge in [-0.2, -0.15) is 5.10 Å². The maximum absolute atomic E-state index is 5.83. The van der Waals surface area contributed by atoms with Crippen molar-refractivity contribution in [3.8, 4) is 0 Å². The number of hydrogen-bond donors (Lipinski definition) is 1. The summed E-state index contributed by atoms with van der Waals surface area (Å²) in [6.45, 7) is 6.55. The normalized spacial score (nSPS) is 20.6. The lowest BCUT2D eigenvalue weighted by molar-refractivity contribution is 0.184. The lowest BCUT2D eigenvalue weighted by Gasteiger charge is -2.12. The van der Waals surface area contributed by atoms with E-state index >= 15 is 0 Å². The van der Waals surface area contributed by atoms with Gasteiger partial charge in [0.15, 0.2) is 0 Å². The molecular weight excluding hydrogens is 202 g/mol. The topological polar surface area (TPSA) is 53.1 Å². The quantitative estimate of drug-likeness (QED) is 0.840. The van der Waals surface area contributed by atoms with Crippen LogP contribution in [0.15, 0.2) is 0 Å². The molecule has 1 atom stereocenters. The summed E-state index contributed by atoms with van der Waals surface area (Å²) in [6.07, 6.45) is 3.03. The molecule has 0 bridgehead atoms. The van der Waals surface area contributed by atoms with E-state index in [0.717, 1.165) is 38.2 Å². The van der Waals surface area contributed by atoms with Gasteiger partial charge in [0.25, 0.3) is 0 Å². The molecule has 1 aromatic heterocycles. The number of ether oxygens (including phenoxy) is 1. The number of aryl methyl sites for hydroxylation is 1. The van der Waals surface area contributed by atoms with E-state index in [1.807, 2.05) is 0 Å². The summed E-state index contributed by atoms with van der Waals surface area (Å²) < 4.78 is 7.60. The highest BCUT2D eigenvalue weighted by Crippen LogP contribution is 2.24. The molecular formula is C12H21N3O. The highest BCUT2D eigenvalue weighted by molar-refractivity contribution is 5.27. The Balaban J connectivity index is 2.39. The molecule has 4 nitrogen and oxygen atoms in total. The molecule has 0 radical (unpaired) electrons. The monoisotopic (exact) mass is 223 g/mol. The summed E-state index contributed by atoms with van der Waals surface area (Å²) in [6, 6.07) is 0.417. The Morgan fingerprint density at radius 3 is 2.75 bits per heavy atom. The van der Waals surface area contributed by atoms with E-state index < -0.39 is 0 Å². The molecule has 0 aliphatic carbocycles. The van der Waals surface area contributed by atoms with Crippen molar-refractivity contribution in [3.63, 3.8) is 0 Å². The van der Waals surface area contributed by atoms with Crippen LogP contribution in [0.1, 0.15) is 43.3 Å². The summed E-state index contributed by atoms with van der Waals surface area (Å²) in [5.41, 5.74) is 9.54. The molecule has 0 aromatic carbocycles. The average molecular weight is 223 g/mol. The fourth-order valence-corrected chi connectivity index (χ4v) is 2.47. The number of rotatable bonds is 4. The van der Waals surface area contributed by atoms with E-state index in [1.54, 1.807) is 0 Å². The molecule has 1 saturated heterocycles. The van der Waals surface area contributed by atoms with Crippen molar-refractivity contribution in [1.29, 1.82) is 0 Å². The van der Waals surface area contributed by atoms with Crippen molar-refractivity contribution in [2.75, 3.05) is 13.2 Å². The molecule has 1 aromatic rings. The minimum absolute atomic E-state index is 0.417. The Kier molecular flexibility index (Phi) is 3.61. The van der Waals surface area contributed by atoms with Crippen molar-refractivity contribution in [2.45, 2.75) is 45.7 Å². The molecule has 1 unspecified atom stereocenters. The van der Waals surface area contributed by atoms with Gasteiger partial charge in [0, 0.05) is 24.4 Å². The Bertz CT molecular complexity index is 353. The Morgan fingerprint density at radius 1 is 1.44 bits per heavy atom. The fourth-order valence-electron chi connectivity index (χ4n) is 2.47. The van der Waals surface area contributed by atoms with Gasteiger partial charge in [-0.3, -0.25) is 4.68 Å². The van der Waals surface area contributed by atoms with Crippen molar-refractivity contribution in [1.82, 2.24) is 9.78 Å². The molecule has 2 rings (SSSR count). The van der Waals surface area contributed by atoms with E-state index in [4.69, 9.17) is 15.6 Å². The van der Waals surface area contributed by atoms with Gasteiger partial charge in [0.05, 0.1) is 18.3 Å². The molecule has 0 spiro atoms. The average Bonchev–Trinajstić information content (AvgIpc) is 2.94. The number of hydrogen-bond acceptors (Lipinski definition) is 3. The molecule has 1 aliphatic heterocycles.